The summed E-state index contributed by atoms with van der Waals surface area (Å²) in [5, 5.41) is 0. The molecule has 0 unspecified atom stereocenters. The second-order valence-corrected chi connectivity index (χ2v) is 8.07. The van der Waals surface area contributed by atoms with Gasteiger partial charge in [-0.1, -0.05) is 0 Å². The van der Waals surface area contributed by atoms with Gasteiger partial charge in [-0.2, -0.15) is 8.42 Å². The van der Waals surface area contributed by atoms with Gasteiger partial charge in [0.2, 0.25) is 0 Å². The second kappa shape index (κ2) is 8.60. The van der Waals surface area contributed by atoms with E-state index in [0.717, 1.165) is 11.8 Å². The van der Waals surface area contributed by atoms with Gasteiger partial charge in [0.05, 0.1) is 44.8 Å². The van der Waals surface area contributed by atoms with Crippen LogP contribution in [-0.4, -0.2) is 42.1 Å². The average molecular weight is 410 g/mol. The van der Waals surface area contributed by atoms with Gasteiger partial charge in [0.15, 0.2) is 5.75 Å². The SMILES string of the molecule is COc1cc(OC)c(-c2c(OC)cc(C)cc2OC(C)C)c(OS(C)(=O)=O)c1. The van der Waals surface area contributed by atoms with Crippen LogP contribution in [0.4, 0.5) is 0 Å². The maximum atomic E-state index is 11.9. The third kappa shape index (κ3) is 5.01. The van der Waals surface area contributed by atoms with Crippen molar-refractivity contribution >= 4 is 10.1 Å². The van der Waals surface area contributed by atoms with Crippen molar-refractivity contribution in [2.75, 3.05) is 27.6 Å². The highest BCUT2D eigenvalue weighted by Gasteiger charge is 2.26. The molecule has 0 aliphatic rings. The fourth-order valence-electron chi connectivity index (χ4n) is 2.80. The first-order valence-electron chi connectivity index (χ1n) is 8.60. The quantitative estimate of drug-likeness (QED) is 0.612. The minimum atomic E-state index is -3.81. The number of rotatable bonds is 8. The lowest BCUT2D eigenvalue weighted by molar-refractivity contribution is 0.242. The summed E-state index contributed by atoms with van der Waals surface area (Å²) in [6.45, 7) is 5.72. The highest BCUT2D eigenvalue weighted by molar-refractivity contribution is 7.86. The molecular formula is C20H26O7S. The zero-order valence-electron chi connectivity index (χ0n) is 17.2. The van der Waals surface area contributed by atoms with E-state index >= 15 is 0 Å². The van der Waals surface area contributed by atoms with Crippen LogP contribution in [0.2, 0.25) is 0 Å². The zero-order valence-corrected chi connectivity index (χ0v) is 18.0. The van der Waals surface area contributed by atoms with Crippen LogP contribution in [0, 0.1) is 6.92 Å². The monoisotopic (exact) mass is 410 g/mol. The molecule has 0 N–H and O–H groups in total. The summed E-state index contributed by atoms with van der Waals surface area (Å²) in [5.74, 6) is 1.81. The molecule has 2 aromatic carbocycles. The predicted octanol–water partition coefficient (Wildman–Crippen LogP) is 3.81. The minimum Gasteiger partial charge on any atom is -0.496 e. The van der Waals surface area contributed by atoms with E-state index in [1.165, 1.54) is 27.4 Å². The molecule has 8 heteroatoms. The fourth-order valence-corrected chi connectivity index (χ4v) is 3.25. The predicted molar refractivity (Wildman–Crippen MR) is 108 cm³/mol. The molecule has 7 nitrogen and oxygen atoms in total. The molecule has 0 saturated heterocycles. The van der Waals surface area contributed by atoms with Gasteiger partial charge in [-0.25, -0.2) is 0 Å². The van der Waals surface area contributed by atoms with E-state index in [1.54, 1.807) is 6.07 Å². The van der Waals surface area contributed by atoms with E-state index < -0.39 is 10.1 Å². The maximum absolute atomic E-state index is 11.9. The Bertz CT molecular complexity index is 950. The third-order valence-electron chi connectivity index (χ3n) is 3.78. The van der Waals surface area contributed by atoms with E-state index in [4.69, 9.17) is 23.1 Å². The summed E-state index contributed by atoms with van der Waals surface area (Å²) >= 11 is 0. The Hall–Kier alpha value is -2.61. The van der Waals surface area contributed by atoms with Crippen LogP contribution in [0.5, 0.6) is 28.7 Å². The summed E-state index contributed by atoms with van der Waals surface area (Å²) in [6, 6.07) is 6.81. The maximum Gasteiger partial charge on any atom is 0.306 e. The average Bonchev–Trinajstić information content (AvgIpc) is 2.59. The Kier molecular flexibility index (Phi) is 6.66. The van der Waals surface area contributed by atoms with Crippen molar-refractivity contribution in [2.45, 2.75) is 26.9 Å². The van der Waals surface area contributed by atoms with Crippen LogP contribution >= 0.6 is 0 Å². The van der Waals surface area contributed by atoms with Crippen LogP contribution in [0.3, 0.4) is 0 Å². The Morgan fingerprint density at radius 2 is 1.29 bits per heavy atom. The standard InChI is InChI=1S/C20H26O7S/c1-12(2)26-17-9-13(3)8-15(24-5)19(17)20-16(25-6)10-14(23-4)11-18(20)27-28(7,21)22/h8-12H,1-7H3. The van der Waals surface area contributed by atoms with Crippen LogP contribution in [0.25, 0.3) is 11.1 Å². The van der Waals surface area contributed by atoms with Crippen LogP contribution in [0.1, 0.15) is 19.4 Å². The van der Waals surface area contributed by atoms with Crippen molar-refractivity contribution in [2.24, 2.45) is 0 Å². The summed E-state index contributed by atoms with van der Waals surface area (Å²) in [7, 11) is 0.667. The molecule has 0 amide bonds. The highest BCUT2D eigenvalue weighted by Crippen LogP contribution is 2.50. The molecule has 0 atom stereocenters. The number of ether oxygens (including phenoxy) is 4. The van der Waals surface area contributed by atoms with Gasteiger partial charge < -0.3 is 23.1 Å². The van der Waals surface area contributed by atoms with E-state index in [9.17, 15) is 8.42 Å². The van der Waals surface area contributed by atoms with Crippen molar-refractivity contribution < 1.29 is 31.5 Å². The molecule has 0 bridgehead atoms. The first-order chi connectivity index (χ1) is 13.1. The number of aryl methyl sites for hydroxylation is 1. The van der Waals surface area contributed by atoms with Crippen molar-refractivity contribution in [1.29, 1.82) is 0 Å². The first kappa shape index (κ1) is 21.7. The molecule has 0 saturated carbocycles. The van der Waals surface area contributed by atoms with Crippen LogP contribution in [-0.2, 0) is 10.1 Å². The number of benzene rings is 2. The largest absolute Gasteiger partial charge is 0.496 e. The van der Waals surface area contributed by atoms with E-state index in [2.05, 4.69) is 0 Å². The van der Waals surface area contributed by atoms with Gasteiger partial charge >= 0.3 is 10.1 Å². The Labute approximate surface area is 166 Å². The normalized spacial score (nSPS) is 11.3. The molecule has 0 spiro atoms. The molecule has 0 heterocycles. The first-order valence-corrected chi connectivity index (χ1v) is 10.4. The summed E-state index contributed by atoms with van der Waals surface area (Å²) in [5.41, 5.74) is 1.84. The molecule has 154 valence electrons. The van der Waals surface area contributed by atoms with Gasteiger partial charge in [-0.15, -0.1) is 0 Å². The van der Waals surface area contributed by atoms with E-state index in [1.807, 2.05) is 32.9 Å². The molecule has 0 aliphatic carbocycles. The lowest BCUT2D eigenvalue weighted by Gasteiger charge is -2.22. The summed E-state index contributed by atoms with van der Waals surface area (Å²) in [4.78, 5) is 0. The molecule has 0 aliphatic heterocycles. The fraction of sp³-hybridized carbons (Fsp3) is 0.400. The second-order valence-electron chi connectivity index (χ2n) is 6.50. The minimum absolute atomic E-state index is 0.0504. The third-order valence-corrected chi connectivity index (χ3v) is 4.26. The highest BCUT2D eigenvalue weighted by atomic mass is 32.2. The Morgan fingerprint density at radius 1 is 0.786 bits per heavy atom. The molecule has 2 aromatic rings. The van der Waals surface area contributed by atoms with Crippen molar-refractivity contribution in [3.63, 3.8) is 0 Å². The van der Waals surface area contributed by atoms with Crippen molar-refractivity contribution in [1.82, 2.24) is 0 Å². The van der Waals surface area contributed by atoms with E-state index in [0.29, 0.717) is 34.1 Å². The lowest BCUT2D eigenvalue weighted by Crippen LogP contribution is -2.10. The number of hydrogen-bond acceptors (Lipinski definition) is 7. The molecule has 0 radical (unpaired) electrons. The Balaban J connectivity index is 2.93. The van der Waals surface area contributed by atoms with Crippen LogP contribution in [0.15, 0.2) is 24.3 Å². The number of hydrogen-bond donors (Lipinski definition) is 0. The van der Waals surface area contributed by atoms with Gasteiger partial charge in [-0.05, 0) is 38.5 Å². The van der Waals surface area contributed by atoms with E-state index in [-0.39, 0.29) is 11.9 Å². The molecule has 0 fully saturated rings. The molecule has 0 aromatic heterocycles. The summed E-state index contributed by atoms with van der Waals surface area (Å²) < 4.78 is 51.4. The molecule has 28 heavy (non-hydrogen) atoms. The molecular weight excluding hydrogens is 384 g/mol. The van der Waals surface area contributed by atoms with Gasteiger partial charge in [0, 0.05) is 12.1 Å². The smallest absolute Gasteiger partial charge is 0.306 e. The van der Waals surface area contributed by atoms with Gasteiger partial charge in [0.1, 0.15) is 23.0 Å². The lowest BCUT2D eigenvalue weighted by atomic mass is 9.99. The molecule has 2 rings (SSSR count). The Morgan fingerprint density at radius 3 is 1.79 bits per heavy atom. The summed E-state index contributed by atoms with van der Waals surface area (Å²) in [6.07, 6.45) is 0.856. The van der Waals surface area contributed by atoms with Crippen molar-refractivity contribution in [3.05, 3.63) is 29.8 Å². The van der Waals surface area contributed by atoms with Gasteiger partial charge in [0.25, 0.3) is 0 Å². The topological polar surface area (TPSA) is 80.3 Å². The van der Waals surface area contributed by atoms with Gasteiger partial charge in [-0.3, -0.25) is 0 Å². The van der Waals surface area contributed by atoms with Crippen LogP contribution < -0.4 is 23.1 Å². The number of methoxy groups -OCH3 is 3. The van der Waals surface area contributed by atoms with Crippen molar-refractivity contribution in [3.8, 4) is 39.9 Å². The zero-order chi connectivity index (χ0) is 21.1.